The van der Waals surface area contributed by atoms with Gasteiger partial charge in [0.2, 0.25) is 10.0 Å². The zero-order valence-electron chi connectivity index (χ0n) is 19.9. The normalized spacial score (nSPS) is 16.7. The molecule has 2 aromatic carbocycles. The summed E-state index contributed by atoms with van der Waals surface area (Å²) in [6.45, 7) is 6.64. The van der Waals surface area contributed by atoms with Crippen molar-refractivity contribution in [3.05, 3.63) is 59.7 Å². The maximum Gasteiger partial charge on any atom is 0.442 e. The summed E-state index contributed by atoms with van der Waals surface area (Å²) in [5, 5.41) is 0. The van der Waals surface area contributed by atoms with Crippen molar-refractivity contribution in [3.8, 4) is 5.75 Å². The Morgan fingerprint density at radius 2 is 1.54 bits per heavy atom. The summed E-state index contributed by atoms with van der Waals surface area (Å²) in [6.07, 6.45) is 2.85. The van der Waals surface area contributed by atoms with Crippen LogP contribution in [0.4, 0.5) is 5.69 Å². The monoisotopic (exact) mass is 502 g/mol. The van der Waals surface area contributed by atoms with Gasteiger partial charge in [0.15, 0.2) is 12.3 Å². The molecule has 1 spiro atoms. The fourth-order valence-electron chi connectivity index (χ4n) is 4.32. The SMILES string of the molecule is CCCN(CCC)CCc1ccc2c(c1)N(S(=O)(=O)Cc1ccccc1)CC1(OC(=O)C(=O)O1)O2. The molecule has 1 fully saturated rings. The van der Waals surface area contributed by atoms with Crippen molar-refractivity contribution in [2.24, 2.45) is 0 Å². The van der Waals surface area contributed by atoms with Crippen LogP contribution in [0, 0.1) is 0 Å². The Morgan fingerprint density at radius 1 is 0.886 bits per heavy atom. The number of hydrogen-bond donors (Lipinski definition) is 0. The van der Waals surface area contributed by atoms with E-state index in [1.54, 1.807) is 42.5 Å². The summed E-state index contributed by atoms with van der Waals surface area (Å²) in [7, 11) is -3.95. The minimum absolute atomic E-state index is 0.151. The van der Waals surface area contributed by atoms with E-state index in [9.17, 15) is 18.0 Å². The van der Waals surface area contributed by atoms with E-state index in [-0.39, 0.29) is 11.5 Å². The first-order valence-corrected chi connectivity index (χ1v) is 13.4. The molecule has 0 N–H and O–H groups in total. The van der Waals surface area contributed by atoms with Gasteiger partial charge in [-0.1, -0.05) is 50.2 Å². The van der Waals surface area contributed by atoms with Gasteiger partial charge in [0.25, 0.3) is 0 Å². The fourth-order valence-corrected chi connectivity index (χ4v) is 5.89. The Bertz CT molecular complexity index is 1160. The second kappa shape index (κ2) is 10.2. The van der Waals surface area contributed by atoms with Crippen LogP contribution >= 0.6 is 0 Å². The van der Waals surface area contributed by atoms with Gasteiger partial charge in [0.1, 0.15) is 0 Å². The standard InChI is InChI=1S/C25H30N2O7S/c1-3-13-26(14-4-2)15-12-19-10-11-22-21(16-19)27(18-25(32-22)33-23(28)24(29)34-25)35(30,31)17-20-8-6-5-7-9-20/h5-11,16H,3-4,12-15,17-18H2,1-2H3. The molecule has 2 aromatic rings. The molecule has 9 nitrogen and oxygen atoms in total. The highest BCUT2D eigenvalue weighted by molar-refractivity contribution is 7.92. The number of sulfonamides is 1. The van der Waals surface area contributed by atoms with Gasteiger partial charge in [-0.15, -0.1) is 0 Å². The van der Waals surface area contributed by atoms with Gasteiger partial charge in [-0.05, 0) is 55.6 Å². The highest BCUT2D eigenvalue weighted by Crippen LogP contribution is 2.42. The van der Waals surface area contributed by atoms with Crippen molar-refractivity contribution in [2.75, 3.05) is 30.5 Å². The summed E-state index contributed by atoms with van der Waals surface area (Å²) >= 11 is 0. The lowest BCUT2D eigenvalue weighted by Crippen LogP contribution is -2.54. The zero-order chi connectivity index (χ0) is 25.1. The Kier molecular flexibility index (Phi) is 7.32. The van der Waals surface area contributed by atoms with Crippen LogP contribution < -0.4 is 9.04 Å². The second-order valence-electron chi connectivity index (χ2n) is 8.71. The average molecular weight is 503 g/mol. The molecule has 2 heterocycles. The van der Waals surface area contributed by atoms with Gasteiger partial charge in [0, 0.05) is 6.54 Å². The number of esters is 2. The molecule has 0 unspecified atom stereocenters. The quantitative estimate of drug-likeness (QED) is 0.361. The first-order chi connectivity index (χ1) is 16.7. The minimum Gasteiger partial charge on any atom is -0.417 e. The van der Waals surface area contributed by atoms with E-state index in [4.69, 9.17) is 14.2 Å². The number of rotatable bonds is 10. The molecule has 0 atom stereocenters. The number of fused-ring (bicyclic) bond motifs is 1. The van der Waals surface area contributed by atoms with Crippen LogP contribution in [0.15, 0.2) is 48.5 Å². The summed E-state index contributed by atoms with van der Waals surface area (Å²) in [5.41, 5.74) is 1.86. The molecule has 4 rings (SSSR count). The predicted molar refractivity (Wildman–Crippen MR) is 129 cm³/mol. The number of carbonyl (C=O) groups is 2. The third-order valence-corrected chi connectivity index (χ3v) is 7.58. The van der Waals surface area contributed by atoms with Crippen LogP contribution in [-0.4, -0.2) is 57.4 Å². The molecule has 2 aliphatic rings. The fraction of sp³-hybridized carbons (Fsp3) is 0.440. The largest absolute Gasteiger partial charge is 0.442 e. The number of hydrogen-bond acceptors (Lipinski definition) is 8. The molecule has 1 saturated heterocycles. The predicted octanol–water partition coefficient (Wildman–Crippen LogP) is 2.83. The second-order valence-corrected chi connectivity index (χ2v) is 10.6. The molecule has 0 radical (unpaired) electrons. The number of benzene rings is 2. The number of nitrogens with zero attached hydrogens (tertiary/aromatic N) is 2. The van der Waals surface area contributed by atoms with Crippen molar-refractivity contribution in [3.63, 3.8) is 0 Å². The summed E-state index contributed by atoms with van der Waals surface area (Å²) in [6, 6.07) is 14.0. The topological polar surface area (TPSA) is 102 Å². The minimum atomic E-state index is -3.95. The maximum absolute atomic E-state index is 13.5. The van der Waals surface area contributed by atoms with E-state index in [1.165, 1.54) is 0 Å². The van der Waals surface area contributed by atoms with Crippen LogP contribution in [0.2, 0.25) is 0 Å². The van der Waals surface area contributed by atoms with E-state index < -0.39 is 34.5 Å². The molecule has 0 aromatic heterocycles. The van der Waals surface area contributed by atoms with Crippen molar-refractivity contribution in [1.82, 2.24) is 4.90 Å². The smallest absolute Gasteiger partial charge is 0.417 e. The maximum atomic E-state index is 13.5. The molecule has 0 aliphatic carbocycles. The van der Waals surface area contributed by atoms with Gasteiger partial charge >= 0.3 is 17.9 Å². The first kappa shape index (κ1) is 25.0. The highest BCUT2D eigenvalue weighted by atomic mass is 32.2. The Hall–Kier alpha value is -3.11. The van der Waals surface area contributed by atoms with Crippen molar-refractivity contribution >= 4 is 27.6 Å². The zero-order valence-corrected chi connectivity index (χ0v) is 20.8. The third-order valence-electron chi connectivity index (χ3n) is 5.88. The summed E-state index contributed by atoms with van der Waals surface area (Å²) in [5.74, 6) is -4.73. The van der Waals surface area contributed by atoms with E-state index in [1.807, 2.05) is 6.07 Å². The molecule has 10 heteroatoms. The highest BCUT2D eigenvalue weighted by Gasteiger charge is 2.57. The number of ether oxygens (including phenoxy) is 3. The lowest BCUT2D eigenvalue weighted by Gasteiger charge is -2.38. The van der Waals surface area contributed by atoms with Gasteiger partial charge < -0.3 is 19.1 Å². The summed E-state index contributed by atoms with van der Waals surface area (Å²) in [4.78, 5) is 25.9. The van der Waals surface area contributed by atoms with E-state index in [0.29, 0.717) is 11.3 Å². The molecule has 0 amide bonds. The van der Waals surface area contributed by atoms with Crippen LogP contribution in [0.5, 0.6) is 5.75 Å². The molecular weight excluding hydrogens is 472 g/mol. The third kappa shape index (κ3) is 5.59. The van der Waals surface area contributed by atoms with Gasteiger partial charge in [0.05, 0.1) is 11.4 Å². The Morgan fingerprint density at radius 3 is 2.17 bits per heavy atom. The lowest BCUT2D eigenvalue weighted by atomic mass is 10.1. The number of carbonyl (C=O) groups excluding carboxylic acids is 2. The Balaban J connectivity index is 1.66. The molecular formula is C25H30N2O7S. The van der Waals surface area contributed by atoms with Crippen LogP contribution in [-0.2, 0) is 41.3 Å². The van der Waals surface area contributed by atoms with E-state index >= 15 is 0 Å². The van der Waals surface area contributed by atoms with Crippen LogP contribution in [0.3, 0.4) is 0 Å². The Labute approximate surface area is 205 Å². The number of anilines is 1. The van der Waals surface area contributed by atoms with Crippen LogP contribution in [0.25, 0.3) is 0 Å². The van der Waals surface area contributed by atoms with Gasteiger partial charge in [-0.3, -0.25) is 4.31 Å². The van der Waals surface area contributed by atoms with Crippen LogP contribution in [0.1, 0.15) is 37.8 Å². The summed E-state index contributed by atoms with van der Waals surface area (Å²) < 4.78 is 44.1. The van der Waals surface area contributed by atoms with Crippen molar-refractivity contribution < 1.29 is 32.2 Å². The molecule has 188 valence electrons. The van der Waals surface area contributed by atoms with Gasteiger partial charge in [-0.2, -0.15) is 0 Å². The average Bonchev–Trinajstić information content (AvgIpc) is 3.09. The van der Waals surface area contributed by atoms with E-state index in [0.717, 1.165) is 48.8 Å². The lowest BCUT2D eigenvalue weighted by molar-refractivity contribution is -0.269. The first-order valence-electron chi connectivity index (χ1n) is 11.8. The molecule has 35 heavy (non-hydrogen) atoms. The molecule has 2 aliphatic heterocycles. The molecule has 0 bridgehead atoms. The van der Waals surface area contributed by atoms with Gasteiger partial charge in [-0.25, -0.2) is 18.0 Å². The van der Waals surface area contributed by atoms with Crippen molar-refractivity contribution in [2.45, 2.75) is 44.8 Å². The van der Waals surface area contributed by atoms with Crippen molar-refractivity contribution in [1.29, 1.82) is 0 Å². The molecule has 0 saturated carbocycles. The van der Waals surface area contributed by atoms with E-state index in [2.05, 4.69) is 18.7 Å².